The number of benzene rings is 2. The van der Waals surface area contributed by atoms with E-state index in [4.69, 9.17) is 18.9 Å². The van der Waals surface area contributed by atoms with Gasteiger partial charge in [0.05, 0.1) is 12.2 Å². The third-order valence-corrected chi connectivity index (χ3v) is 4.28. The van der Waals surface area contributed by atoms with E-state index in [0.717, 1.165) is 6.92 Å². The van der Waals surface area contributed by atoms with Crippen LogP contribution in [0.4, 0.5) is 8.78 Å². The molecule has 0 unspecified atom stereocenters. The Morgan fingerprint density at radius 3 is 2.28 bits per heavy atom. The molecular formula is C21H20F2O6. The number of carbonyl (C=O) groups is 2. The molecule has 1 fully saturated rings. The smallest absolute Gasteiger partial charge is 0.338 e. The van der Waals surface area contributed by atoms with Gasteiger partial charge in [0.15, 0.2) is 12.2 Å². The van der Waals surface area contributed by atoms with Crippen molar-refractivity contribution in [3.05, 3.63) is 71.8 Å². The summed E-state index contributed by atoms with van der Waals surface area (Å²) in [5.41, 5.74) is 0.894. The zero-order valence-electron chi connectivity index (χ0n) is 15.6. The molecule has 0 saturated carbocycles. The zero-order chi connectivity index (χ0) is 20.9. The SMILES string of the molecule is CC(=O)O[C@H]1O[C@@H](COC(=O)c2ccccc2)C(F)(F)[C@@H]1OCc1ccccc1. The van der Waals surface area contributed by atoms with Gasteiger partial charge in [-0.05, 0) is 17.7 Å². The second-order valence-electron chi connectivity index (χ2n) is 6.46. The first-order valence-corrected chi connectivity index (χ1v) is 8.96. The zero-order valence-corrected chi connectivity index (χ0v) is 15.6. The van der Waals surface area contributed by atoms with Crippen LogP contribution >= 0.6 is 0 Å². The van der Waals surface area contributed by atoms with Gasteiger partial charge in [0.1, 0.15) is 6.61 Å². The quantitative estimate of drug-likeness (QED) is 0.657. The number of alkyl halides is 2. The lowest BCUT2D eigenvalue weighted by Crippen LogP contribution is -2.44. The summed E-state index contributed by atoms with van der Waals surface area (Å²) in [5.74, 6) is -5.10. The third-order valence-electron chi connectivity index (χ3n) is 4.28. The molecule has 6 nitrogen and oxygen atoms in total. The van der Waals surface area contributed by atoms with E-state index < -0.39 is 43.0 Å². The van der Waals surface area contributed by atoms with Crippen molar-refractivity contribution in [3.63, 3.8) is 0 Å². The Morgan fingerprint density at radius 1 is 1.03 bits per heavy atom. The van der Waals surface area contributed by atoms with E-state index in [0.29, 0.717) is 5.56 Å². The van der Waals surface area contributed by atoms with Crippen molar-refractivity contribution in [1.82, 2.24) is 0 Å². The lowest BCUT2D eigenvalue weighted by Gasteiger charge is -2.23. The lowest BCUT2D eigenvalue weighted by atomic mass is 10.1. The summed E-state index contributed by atoms with van der Waals surface area (Å²) >= 11 is 0. The predicted octanol–water partition coefficient (Wildman–Crippen LogP) is 3.35. The summed E-state index contributed by atoms with van der Waals surface area (Å²) in [5, 5.41) is 0. The van der Waals surface area contributed by atoms with Crippen LogP contribution in [-0.2, 0) is 30.3 Å². The first kappa shape index (κ1) is 20.9. The van der Waals surface area contributed by atoms with Crippen LogP contribution in [-0.4, -0.2) is 43.0 Å². The maximum Gasteiger partial charge on any atom is 0.338 e. The Hall–Kier alpha value is -2.84. The van der Waals surface area contributed by atoms with Gasteiger partial charge in [0.2, 0.25) is 6.29 Å². The van der Waals surface area contributed by atoms with Crippen LogP contribution in [0.2, 0.25) is 0 Å². The van der Waals surface area contributed by atoms with Gasteiger partial charge >= 0.3 is 17.9 Å². The van der Waals surface area contributed by atoms with E-state index in [9.17, 15) is 18.4 Å². The van der Waals surface area contributed by atoms with Crippen molar-refractivity contribution >= 4 is 11.9 Å². The number of hydrogen-bond acceptors (Lipinski definition) is 6. The first-order valence-electron chi connectivity index (χ1n) is 8.96. The van der Waals surface area contributed by atoms with E-state index in [1.807, 2.05) is 0 Å². The molecule has 0 spiro atoms. The predicted molar refractivity (Wildman–Crippen MR) is 97.1 cm³/mol. The van der Waals surface area contributed by atoms with Crippen LogP contribution in [0, 0.1) is 0 Å². The molecule has 8 heteroatoms. The van der Waals surface area contributed by atoms with E-state index in [2.05, 4.69) is 0 Å². The minimum Gasteiger partial charge on any atom is -0.459 e. The van der Waals surface area contributed by atoms with Crippen LogP contribution in [0.5, 0.6) is 0 Å². The maximum atomic E-state index is 14.9. The molecule has 154 valence electrons. The van der Waals surface area contributed by atoms with Crippen LogP contribution in [0.15, 0.2) is 60.7 Å². The molecule has 0 N–H and O–H groups in total. The largest absolute Gasteiger partial charge is 0.459 e. The molecule has 0 amide bonds. The maximum absolute atomic E-state index is 14.9. The summed E-state index contributed by atoms with van der Waals surface area (Å²) in [7, 11) is 0. The molecule has 1 saturated heterocycles. The van der Waals surface area contributed by atoms with E-state index in [1.165, 1.54) is 12.1 Å². The Kier molecular flexibility index (Phi) is 6.56. The fourth-order valence-corrected chi connectivity index (χ4v) is 2.85. The highest BCUT2D eigenvalue weighted by Crippen LogP contribution is 2.39. The summed E-state index contributed by atoms with van der Waals surface area (Å²) in [4.78, 5) is 23.3. The molecule has 0 radical (unpaired) electrons. The van der Waals surface area contributed by atoms with Crippen LogP contribution in [0.25, 0.3) is 0 Å². The van der Waals surface area contributed by atoms with Crippen LogP contribution < -0.4 is 0 Å². The molecule has 0 bridgehead atoms. The van der Waals surface area contributed by atoms with Crippen molar-refractivity contribution in [2.24, 2.45) is 0 Å². The number of halogens is 2. The minimum atomic E-state index is -3.55. The van der Waals surface area contributed by atoms with Crippen molar-refractivity contribution < 1.29 is 37.3 Å². The molecule has 2 aromatic rings. The average Bonchev–Trinajstić information content (AvgIpc) is 2.94. The van der Waals surface area contributed by atoms with Crippen molar-refractivity contribution in [1.29, 1.82) is 0 Å². The second kappa shape index (κ2) is 9.11. The first-order chi connectivity index (χ1) is 13.9. The fourth-order valence-electron chi connectivity index (χ4n) is 2.85. The minimum absolute atomic E-state index is 0.126. The molecule has 1 heterocycles. The fraction of sp³-hybridized carbons (Fsp3) is 0.333. The van der Waals surface area contributed by atoms with Crippen molar-refractivity contribution in [2.75, 3.05) is 6.61 Å². The van der Waals surface area contributed by atoms with Crippen molar-refractivity contribution in [3.8, 4) is 0 Å². The lowest BCUT2D eigenvalue weighted by molar-refractivity contribution is -0.196. The summed E-state index contributed by atoms with van der Waals surface area (Å²) in [6, 6.07) is 16.7. The van der Waals surface area contributed by atoms with Gasteiger partial charge in [-0.25, -0.2) is 13.6 Å². The second-order valence-corrected chi connectivity index (χ2v) is 6.46. The third kappa shape index (κ3) is 5.16. The van der Waals surface area contributed by atoms with Crippen LogP contribution in [0.1, 0.15) is 22.8 Å². The van der Waals surface area contributed by atoms with Gasteiger partial charge in [0, 0.05) is 6.92 Å². The van der Waals surface area contributed by atoms with Gasteiger partial charge in [-0.3, -0.25) is 4.79 Å². The number of rotatable bonds is 7. The topological polar surface area (TPSA) is 71.1 Å². The molecule has 3 atom stereocenters. The standard InChI is InChI=1S/C21H20F2O6/c1-14(24)28-20-18(26-12-15-8-4-2-5-9-15)21(22,23)17(29-20)13-27-19(25)16-10-6-3-7-11-16/h2-11,17-18,20H,12-13H2,1H3/t17-,18+,20-/m0/s1. The highest BCUT2D eigenvalue weighted by Gasteiger charge is 2.61. The van der Waals surface area contributed by atoms with Gasteiger partial charge in [0.25, 0.3) is 0 Å². The molecule has 0 aliphatic carbocycles. The van der Waals surface area contributed by atoms with Crippen LogP contribution in [0.3, 0.4) is 0 Å². The van der Waals surface area contributed by atoms with E-state index in [1.54, 1.807) is 48.5 Å². The molecular weight excluding hydrogens is 386 g/mol. The summed E-state index contributed by atoms with van der Waals surface area (Å²) in [6.45, 7) is 0.237. The van der Waals surface area contributed by atoms with Gasteiger partial charge in [-0.1, -0.05) is 48.5 Å². The highest BCUT2D eigenvalue weighted by atomic mass is 19.3. The van der Waals surface area contributed by atoms with Gasteiger partial charge in [-0.2, -0.15) is 0 Å². The van der Waals surface area contributed by atoms with Crippen molar-refractivity contribution in [2.45, 2.75) is 38.0 Å². The normalized spacial score (nSPS) is 22.8. The molecule has 2 aromatic carbocycles. The molecule has 29 heavy (non-hydrogen) atoms. The molecule has 3 rings (SSSR count). The van der Waals surface area contributed by atoms with E-state index >= 15 is 0 Å². The average molecular weight is 406 g/mol. The number of ether oxygens (including phenoxy) is 4. The number of esters is 2. The molecule has 0 aromatic heterocycles. The Morgan fingerprint density at radius 2 is 1.66 bits per heavy atom. The Labute approximate surface area is 166 Å². The molecule has 1 aliphatic heterocycles. The number of carbonyl (C=O) groups excluding carboxylic acids is 2. The van der Waals surface area contributed by atoms with Gasteiger partial charge in [-0.15, -0.1) is 0 Å². The van der Waals surface area contributed by atoms with Gasteiger partial charge < -0.3 is 18.9 Å². The Balaban J connectivity index is 1.67. The highest BCUT2D eigenvalue weighted by molar-refractivity contribution is 5.89. The summed E-state index contributed by atoms with van der Waals surface area (Å²) < 4.78 is 50.2. The molecule has 1 aliphatic rings. The summed E-state index contributed by atoms with van der Waals surface area (Å²) in [6.07, 6.45) is -5.28. The monoisotopic (exact) mass is 406 g/mol. The Bertz CT molecular complexity index is 828. The number of hydrogen-bond donors (Lipinski definition) is 0. The van der Waals surface area contributed by atoms with E-state index in [-0.39, 0.29) is 12.2 Å².